The third-order valence-corrected chi connectivity index (χ3v) is 3.26. The first-order valence-corrected chi connectivity index (χ1v) is 6.20. The molecule has 1 fully saturated rings. The van der Waals surface area contributed by atoms with E-state index in [-0.39, 0.29) is 0 Å². The third kappa shape index (κ3) is 2.96. The molecule has 1 N–H and O–H groups in total. The average molecular weight is 233 g/mol. The third-order valence-electron chi connectivity index (χ3n) is 3.26. The maximum atomic E-state index is 8.53. The highest BCUT2D eigenvalue weighted by Gasteiger charge is 2.11. The van der Waals surface area contributed by atoms with E-state index in [0.717, 1.165) is 30.0 Å². The molecule has 1 aromatic rings. The molecule has 0 atom stereocenters. The van der Waals surface area contributed by atoms with Gasteiger partial charge in [0.1, 0.15) is 5.82 Å². The molecule has 4 heteroatoms. The van der Waals surface area contributed by atoms with E-state index in [2.05, 4.69) is 21.1 Å². The van der Waals surface area contributed by atoms with Gasteiger partial charge < -0.3 is 10.1 Å². The van der Waals surface area contributed by atoms with Crippen molar-refractivity contribution in [1.82, 2.24) is 4.98 Å². The number of rotatable bonds is 2. The molecule has 2 rings (SSSR count). The fourth-order valence-corrected chi connectivity index (χ4v) is 2.22. The summed E-state index contributed by atoms with van der Waals surface area (Å²) in [6, 6.07) is 2.07. The van der Waals surface area contributed by atoms with Crippen LogP contribution in [0, 0.1) is 6.92 Å². The molecular formula is C13H19N3O. The van der Waals surface area contributed by atoms with Gasteiger partial charge >= 0.3 is 0 Å². The number of hydrogen-bond acceptors (Lipinski definition) is 4. The average Bonchev–Trinajstić information content (AvgIpc) is 2.60. The van der Waals surface area contributed by atoms with Gasteiger partial charge in [0.25, 0.3) is 0 Å². The number of oxime groups is 1. The lowest BCUT2D eigenvalue weighted by Gasteiger charge is -2.21. The Balaban J connectivity index is 2.18. The van der Waals surface area contributed by atoms with Gasteiger partial charge in [-0.2, -0.15) is 0 Å². The van der Waals surface area contributed by atoms with E-state index in [1.807, 2.05) is 6.92 Å². The van der Waals surface area contributed by atoms with Gasteiger partial charge in [-0.15, -0.1) is 0 Å². The number of aromatic nitrogens is 1. The quantitative estimate of drug-likeness (QED) is 0.485. The van der Waals surface area contributed by atoms with Crippen molar-refractivity contribution in [3.8, 4) is 0 Å². The molecule has 1 saturated heterocycles. The Morgan fingerprint density at radius 3 is 2.59 bits per heavy atom. The number of hydrogen-bond donors (Lipinski definition) is 1. The molecule has 2 heterocycles. The predicted octanol–water partition coefficient (Wildman–Crippen LogP) is 2.58. The second-order valence-corrected chi connectivity index (χ2v) is 4.54. The largest absolute Gasteiger partial charge is 0.411 e. The highest BCUT2D eigenvalue weighted by atomic mass is 16.4. The van der Waals surface area contributed by atoms with E-state index in [1.54, 1.807) is 6.20 Å². The van der Waals surface area contributed by atoms with E-state index < -0.39 is 0 Å². The van der Waals surface area contributed by atoms with Gasteiger partial charge in [0, 0.05) is 24.8 Å². The Morgan fingerprint density at radius 2 is 2.00 bits per heavy atom. The highest BCUT2D eigenvalue weighted by molar-refractivity contribution is 5.81. The summed E-state index contributed by atoms with van der Waals surface area (Å²) >= 11 is 0. The zero-order valence-electron chi connectivity index (χ0n) is 10.3. The van der Waals surface area contributed by atoms with Gasteiger partial charge in [-0.1, -0.05) is 18.0 Å². The summed E-state index contributed by atoms with van der Waals surface area (Å²) in [4.78, 5) is 6.79. The van der Waals surface area contributed by atoms with Crippen LogP contribution in [0.25, 0.3) is 0 Å². The zero-order chi connectivity index (χ0) is 12.1. The molecular weight excluding hydrogens is 214 g/mol. The molecule has 0 spiro atoms. The first-order valence-electron chi connectivity index (χ1n) is 6.20. The van der Waals surface area contributed by atoms with Crippen molar-refractivity contribution in [3.05, 3.63) is 23.4 Å². The topological polar surface area (TPSA) is 48.7 Å². The van der Waals surface area contributed by atoms with Gasteiger partial charge in [-0.3, -0.25) is 0 Å². The van der Waals surface area contributed by atoms with E-state index in [9.17, 15) is 0 Å². The molecule has 0 unspecified atom stereocenters. The van der Waals surface area contributed by atoms with Crippen molar-refractivity contribution in [2.45, 2.75) is 32.6 Å². The minimum atomic E-state index is 0.867. The SMILES string of the molecule is Cc1cc(N2CCCCCC2)ncc1/C=N\O. The highest BCUT2D eigenvalue weighted by Crippen LogP contribution is 2.19. The second-order valence-electron chi connectivity index (χ2n) is 4.54. The Hall–Kier alpha value is -1.58. The van der Waals surface area contributed by atoms with Gasteiger partial charge in [-0.05, 0) is 31.4 Å². The first-order chi connectivity index (χ1) is 8.31. The summed E-state index contributed by atoms with van der Waals surface area (Å²) in [5.74, 6) is 1.04. The lowest BCUT2D eigenvalue weighted by Crippen LogP contribution is -2.25. The van der Waals surface area contributed by atoms with Crippen LogP contribution in [-0.2, 0) is 0 Å². The molecule has 0 aromatic carbocycles. The lowest BCUT2D eigenvalue weighted by atomic mass is 10.1. The molecule has 4 nitrogen and oxygen atoms in total. The zero-order valence-corrected chi connectivity index (χ0v) is 10.3. The number of pyridine rings is 1. The van der Waals surface area contributed by atoms with Crippen LogP contribution < -0.4 is 4.90 Å². The van der Waals surface area contributed by atoms with Crippen LogP contribution in [0.4, 0.5) is 5.82 Å². The van der Waals surface area contributed by atoms with Crippen molar-refractivity contribution in [2.75, 3.05) is 18.0 Å². The van der Waals surface area contributed by atoms with Gasteiger partial charge in [0.15, 0.2) is 0 Å². The van der Waals surface area contributed by atoms with Gasteiger partial charge in [-0.25, -0.2) is 4.98 Å². The minimum absolute atomic E-state index is 0.867. The summed E-state index contributed by atoms with van der Waals surface area (Å²) in [5, 5.41) is 11.6. The Labute approximate surface area is 102 Å². The molecule has 17 heavy (non-hydrogen) atoms. The second kappa shape index (κ2) is 5.66. The number of anilines is 1. The van der Waals surface area contributed by atoms with Crippen LogP contribution in [0.5, 0.6) is 0 Å². The van der Waals surface area contributed by atoms with Gasteiger partial charge in [0.05, 0.1) is 6.21 Å². The maximum Gasteiger partial charge on any atom is 0.128 e. The van der Waals surface area contributed by atoms with E-state index in [4.69, 9.17) is 5.21 Å². The molecule has 1 aromatic heterocycles. The summed E-state index contributed by atoms with van der Waals surface area (Å²) in [5.41, 5.74) is 1.96. The Kier molecular flexibility index (Phi) is 3.96. The van der Waals surface area contributed by atoms with Crippen LogP contribution in [0.3, 0.4) is 0 Å². The summed E-state index contributed by atoms with van der Waals surface area (Å²) in [6.45, 7) is 4.21. The Morgan fingerprint density at radius 1 is 1.29 bits per heavy atom. The van der Waals surface area contributed by atoms with Crippen LogP contribution in [-0.4, -0.2) is 29.5 Å². The van der Waals surface area contributed by atoms with Crippen LogP contribution in [0.2, 0.25) is 0 Å². The first kappa shape index (κ1) is 11.9. The molecule has 0 saturated carbocycles. The summed E-state index contributed by atoms with van der Waals surface area (Å²) in [7, 11) is 0. The van der Waals surface area contributed by atoms with Crippen molar-refractivity contribution < 1.29 is 5.21 Å². The van der Waals surface area contributed by atoms with Gasteiger partial charge in [0.2, 0.25) is 0 Å². The predicted molar refractivity (Wildman–Crippen MR) is 69.0 cm³/mol. The van der Waals surface area contributed by atoms with Crippen LogP contribution in [0.1, 0.15) is 36.8 Å². The molecule has 1 aliphatic rings. The monoisotopic (exact) mass is 233 g/mol. The fourth-order valence-electron chi connectivity index (χ4n) is 2.22. The van der Waals surface area contributed by atoms with E-state index in [0.29, 0.717) is 0 Å². The molecule has 0 aliphatic carbocycles. The standard InChI is InChI=1S/C13H19N3O/c1-11-8-13(14-9-12(11)10-15-17)16-6-4-2-3-5-7-16/h8-10,17H,2-7H2,1H3/b15-10-. The van der Waals surface area contributed by atoms with Crippen LogP contribution >= 0.6 is 0 Å². The minimum Gasteiger partial charge on any atom is -0.411 e. The summed E-state index contributed by atoms with van der Waals surface area (Å²) < 4.78 is 0. The fraction of sp³-hybridized carbons (Fsp3) is 0.538. The molecule has 92 valence electrons. The molecule has 0 radical (unpaired) electrons. The Bertz CT molecular complexity index is 396. The smallest absolute Gasteiger partial charge is 0.128 e. The summed E-state index contributed by atoms with van der Waals surface area (Å²) in [6.07, 6.45) is 8.35. The number of aryl methyl sites for hydroxylation is 1. The van der Waals surface area contributed by atoms with E-state index in [1.165, 1.54) is 31.9 Å². The van der Waals surface area contributed by atoms with E-state index >= 15 is 0 Å². The molecule has 1 aliphatic heterocycles. The van der Waals surface area contributed by atoms with Crippen molar-refractivity contribution in [3.63, 3.8) is 0 Å². The molecule has 0 bridgehead atoms. The van der Waals surface area contributed by atoms with Crippen molar-refractivity contribution in [2.24, 2.45) is 5.16 Å². The normalized spacial score (nSPS) is 17.4. The van der Waals surface area contributed by atoms with Crippen molar-refractivity contribution >= 4 is 12.0 Å². The maximum absolute atomic E-state index is 8.53. The molecule has 0 amide bonds. The lowest BCUT2D eigenvalue weighted by molar-refractivity contribution is 0.322. The van der Waals surface area contributed by atoms with Crippen molar-refractivity contribution in [1.29, 1.82) is 0 Å². The van der Waals surface area contributed by atoms with Crippen LogP contribution in [0.15, 0.2) is 17.4 Å². The number of nitrogens with zero attached hydrogens (tertiary/aromatic N) is 3.